The van der Waals surface area contributed by atoms with E-state index in [1.807, 2.05) is 6.92 Å². The molecule has 1 unspecified atom stereocenters. The van der Waals surface area contributed by atoms with Crippen LogP contribution in [0.5, 0.6) is 5.88 Å². The minimum atomic E-state index is 0.0831. The van der Waals surface area contributed by atoms with Gasteiger partial charge in [-0.25, -0.2) is 9.98 Å². The van der Waals surface area contributed by atoms with Crippen molar-refractivity contribution in [2.45, 2.75) is 32.8 Å². The Labute approximate surface area is 156 Å². The van der Waals surface area contributed by atoms with E-state index in [-0.39, 0.29) is 6.10 Å². The number of aromatic nitrogens is 2. The second-order valence-corrected chi connectivity index (χ2v) is 7.01. The summed E-state index contributed by atoms with van der Waals surface area (Å²) in [6, 6.07) is 2.41. The molecule has 8 heteroatoms. The number of hydrogen-bond donors (Lipinski definition) is 1. The Morgan fingerprint density at radius 1 is 1.26 bits per heavy atom. The van der Waals surface area contributed by atoms with Gasteiger partial charge in [0.2, 0.25) is 5.88 Å². The smallest absolute Gasteiger partial charge is 0.219 e. The van der Waals surface area contributed by atoms with E-state index in [1.54, 1.807) is 0 Å². The number of fused-ring (bicyclic) bond motifs is 2. The van der Waals surface area contributed by atoms with E-state index < -0.39 is 0 Å². The Morgan fingerprint density at radius 2 is 2.07 bits per heavy atom. The van der Waals surface area contributed by atoms with Gasteiger partial charge in [-0.1, -0.05) is 6.92 Å². The second kappa shape index (κ2) is 6.06. The van der Waals surface area contributed by atoms with Gasteiger partial charge in [0.25, 0.3) is 0 Å². The number of nitrogens with zero attached hydrogens (tertiary/aromatic N) is 5. The van der Waals surface area contributed by atoms with Crippen molar-refractivity contribution in [3.63, 3.8) is 0 Å². The van der Waals surface area contributed by atoms with Crippen molar-refractivity contribution in [3.05, 3.63) is 11.1 Å². The average Bonchev–Trinajstić information content (AvgIpc) is 3.11. The molecule has 8 nitrogen and oxygen atoms in total. The third kappa shape index (κ3) is 2.42. The van der Waals surface area contributed by atoms with Gasteiger partial charge >= 0.3 is 0 Å². The molecule has 1 N–H and O–H groups in total. The first-order chi connectivity index (χ1) is 13.2. The van der Waals surface area contributed by atoms with Crippen molar-refractivity contribution < 1.29 is 9.47 Å². The molecular weight excluding hydrogens is 344 g/mol. The summed E-state index contributed by atoms with van der Waals surface area (Å²) >= 11 is 0. The third-order valence-electron chi connectivity index (χ3n) is 5.33. The molecule has 0 saturated carbocycles. The summed E-state index contributed by atoms with van der Waals surface area (Å²) in [7, 11) is 0. The van der Waals surface area contributed by atoms with Gasteiger partial charge in [0.1, 0.15) is 35.2 Å². The molecule has 2 aromatic heterocycles. The fourth-order valence-corrected chi connectivity index (χ4v) is 4.00. The van der Waals surface area contributed by atoms with Crippen LogP contribution < -0.4 is 15.0 Å². The van der Waals surface area contributed by atoms with E-state index in [4.69, 9.17) is 14.5 Å². The molecule has 1 atom stereocenters. The molecule has 0 aromatic carbocycles. The summed E-state index contributed by atoms with van der Waals surface area (Å²) in [5, 5.41) is 15.0. The minimum absolute atomic E-state index is 0.0831. The van der Waals surface area contributed by atoms with E-state index in [1.165, 1.54) is 0 Å². The zero-order valence-electron chi connectivity index (χ0n) is 15.4. The van der Waals surface area contributed by atoms with Crippen molar-refractivity contribution in [2.24, 2.45) is 4.99 Å². The minimum Gasteiger partial charge on any atom is -0.474 e. The first-order valence-corrected chi connectivity index (χ1v) is 9.32. The summed E-state index contributed by atoms with van der Waals surface area (Å²) in [6.07, 6.45) is 1.72. The Balaban J connectivity index is 1.83. The highest BCUT2D eigenvalue weighted by Crippen LogP contribution is 2.45. The lowest BCUT2D eigenvalue weighted by atomic mass is 9.98. The van der Waals surface area contributed by atoms with Crippen molar-refractivity contribution in [1.29, 1.82) is 5.26 Å². The maximum atomic E-state index is 10.1. The maximum absolute atomic E-state index is 10.1. The molecule has 27 heavy (non-hydrogen) atoms. The lowest BCUT2D eigenvalue weighted by molar-refractivity contribution is 0.122. The zero-order valence-corrected chi connectivity index (χ0v) is 15.4. The van der Waals surface area contributed by atoms with Crippen LogP contribution in [0.4, 0.5) is 17.5 Å². The van der Waals surface area contributed by atoms with Crippen LogP contribution in [0.2, 0.25) is 0 Å². The largest absolute Gasteiger partial charge is 0.474 e. The average molecular weight is 364 g/mol. The van der Waals surface area contributed by atoms with Crippen LogP contribution >= 0.6 is 0 Å². The number of hydrogen-bond acceptors (Lipinski definition) is 8. The number of rotatable bonds is 2. The molecular formula is C19H20N6O2. The number of anilines is 2. The topological polar surface area (TPSA) is 95.7 Å². The maximum Gasteiger partial charge on any atom is 0.219 e. The van der Waals surface area contributed by atoms with E-state index in [2.05, 4.69) is 33.2 Å². The van der Waals surface area contributed by atoms with E-state index in [0.29, 0.717) is 55.2 Å². The SMILES string of the molecule is CCC1Cc2c(nc3c4c(nc(N5CCOCC5)c(C#N)c24)NC(C)=N3)O1. The number of morpholine rings is 1. The van der Waals surface area contributed by atoms with Crippen LogP contribution in [-0.4, -0.2) is 48.2 Å². The van der Waals surface area contributed by atoms with E-state index in [9.17, 15) is 5.26 Å². The van der Waals surface area contributed by atoms with Crippen LogP contribution in [0.25, 0.3) is 10.8 Å². The number of amidine groups is 1. The number of ether oxygens (including phenoxy) is 2. The molecule has 0 bridgehead atoms. The fourth-order valence-electron chi connectivity index (χ4n) is 4.00. The van der Waals surface area contributed by atoms with E-state index in [0.717, 1.165) is 35.0 Å². The molecule has 3 aliphatic heterocycles. The van der Waals surface area contributed by atoms with Crippen LogP contribution in [-0.2, 0) is 11.2 Å². The van der Waals surface area contributed by atoms with Gasteiger partial charge in [0.05, 0.1) is 18.6 Å². The normalized spacial score (nSPS) is 20.6. The standard InChI is InChI=1S/C19H20N6O2/c1-3-11-8-12-14-13(9-20)18(25-4-6-26-7-5-25)23-16-15(14)17(22-10(2)21-16)24-19(12)27-11/h11H,3-8H2,1-2H3,(H,21,22,23,24). The third-order valence-corrected chi connectivity index (χ3v) is 5.33. The second-order valence-electron chi connectivity index (χ2n) is 7.01. The van der Waals surface area contributed by atoms with Gasteiger partial charge in [0, 0.05) is 30.5 Å². The Bertz CT molecular complexity index is 1020. The first kappa shape index (κ1) is 16.3. The molecule has 5 rings (SSSR count). The number of nitriles is 1. The molecule has 1 saturated heterocycles. The summed E-state index contributed by atoms with van der Waals surface area (Å²) in [4.78, 5) is 16.1. The fraction of sp³-hybridized carbons (Fsp3) is 0.474. The Morgan fingerprint density at radius 3 is 2.81 bits per heavy atom. The van der Waals surface area contributed by atoms with Gasteiger partial charge in [-0.3, -0.25) is 0 Å². The van der Waals surface area contributed by atoms with Gasteiger partial charge < -0.3 is 19.7 Å². The predicted octanol–water partition coefficient (Wildman–Crippen LogP) is 2.53. The quantitative estimate of drug-likeness (QED) is 0.875. The van der Waals surface area contributed by atoms with Gasteiger partial charge in [0.15, 0.2) is 5.82 Å². The van der Waals surface area contributed by atoms with Gasteiger partial charge in [-0.2, -0.15) is 10.2 Å². The molecule has 1 fully saturated rings. The molecule has 0 amide bonds. The molecule has 5 heterocycles. The molecule has 2 aromatic rings. The monoisotopic (exact) mass is 364 g/mol. The summed E-state index contributed by atoms with van der Waals surface area (Å²) in [5.74, 6) is 3.31. The predicted molar refractivity (Wildman–Crippen MR) is 102 cm³/mol. The molecule has 138 valence electrons. The highest BCUT2D eigenvalue weighted by molar-refractivity contribution is 6.14. The van der Waals surface area contributed by atoms with Crippen molar-refractivity contribution in [2.75, 3.05) is 36.5 Å². The van der Waals surface area contributed by atoms with Crippen LogP contribution in [0.1, 0.15) is 31.4 Å². The summed E-state index contributed by atoms with van der Waals surface area (Å²) in [6.45, 7) is 6.68. The highest BCUT2D eigenvalue weighted by Gasteiger charge is 2.33. The van der Waals surface area contributed by atoms with Crippen LogP contribution in [0, 0.1) is 11.3 Å². The Hall–Kier alpha value is -2.92. The Kier molecular flexibility index (Phi) is 3.65. The van der Waals surface area contributed by atoms with Crippen LogP contribution in [0.3, 0.4) is 0 Å². The lowest BCUT2D eigenvalue weighted by Gasteiger charge is -2.30. The molecule has 0 spiro atoms. The number of pyridine rings is 2. The highest BCUT2D eigenvalue weighted by atomic mass is 16.5. The number of nitrogens with one attached hydrogen (secondary N) is 1. The molecule has 0 radical (unpaired) electrons. The van der Waals surface area contributed by atoms with Crippen molar-refractivity contribution in [1.82, 2.24) is 9.97 Å². The first-order valence-electron chi connectivity index (χ1n) is 9.32. The van der Waals surface area contributed by atoms with Gasteiger partial charge in [-0.05, 0) is 13.3 Å². The summed E-state index contributed by atoms with van der Waals surface area (Å²) < 4.78 is 11.5. The van der Waals surface area contributed by atoms with Crippen molar-refractivity contribution in [3.8, 4) is 11.9 Å². The van der Waals surface area contributed by atoms with Crippen molar-refractivity contribution >= 4 is 34.1 Å². The van der Waals surface area contributed by atoms with Crippen LogP contribution in [0.15, 0.2) is 4.99 Å². The number of aliphatic imine (C=N–C) groups is 1. The molecule has 0 aliphatic carbocycles. The lowest BCUT2D eigenvalue weighted by Crippen LogP contribution is -2.37. The van der Waals surface area contributed by atoms with Gasteiger partial charge in [-0.15, -0.1) is 0 Å². The zero-order chi connectivity index (χ0) is 18.5. The summed E-state index contributed by atoms with van der Waals surface area (Å²) in [5.41, 5.74) is 1.57. The van der Waals surface area contributed by atoms with E-state index >= 15 is 0 Å². The molecule has 3 aliphatic rings.